The number of carbonyl (C=O) groups is 2. The van der Waals surface area contributed by atoms with Crippen LogP contribution < -0.4 is 0 Å². The number of aldehydes is 2. The number of nitroso groups, excluding NO2 is 1. The molecule has 0 aliphatic rings. The zero-order valence-corrected chi connectivity index (χ0v) is 30.6. The lowest BCUT2D eigenvalue weighted by molar-refractivity contribution is -0.112. The molecule has 0 aromatic heterocycles. The molecule has 0 amide bonds. The van der Waals surface area contributed by atoms with Crippen LogP contribution in [0.3, 0.4) is 0 Å². The molecule has 0 heterocycles. The number of hydrogen-bond donors (Lipinski definition) is 0. The maximum absolute atomic E-state index is 12.0. The van der Waals surface area contributed by atoms with Crippen molar-refractivity contribution in [1.29, 1.82) is 0 Å². The van der Waals surface area contributed by atoms with Crippen LogP contribution in [0.25, 0.3) is 0 Å². The maximum atomic E-state index is 12.0. The van der Waals surface area contributed by atoms with Crippen LogP contribution in [0.2, 0.25) is 0 Å². The van der Waals surface area contributed by atoms with Gasteiger partial charge in [0.05, 0.1) is 6.04 Å². The van der Waals surface area contributed by atoms with Crippen molar-refractivity contribution < 1.29 is 9.59 Å². The monoisotopic (exact) mass is 638 g/mol. The fraction of sp³-hybridized carbons (Fsp3) is 0.949. The molecule has 4 atom stereocenters. The van der Waals surface area contributed by atoms with E-state index in [-0.39, 0.29) is 23.1 Å². The quantitative estimate of drug-likeness (QED) is 0.0386. The molecule has 0 radical (unpaired) electrons. The van der Waals surface area contributed by atoms with Gasteiger partial charge in [0, 0.05) is 17.1 Å². The molecule has 4 unspecified atom stereocenters. The van der Waals surface area contributed by atoms with Crippen molar-refractivity contribution in [3.8, 4) is 0 Å². The Bertz CT molecular complexity index is 616. The fourth-order valence-electron chi connectivity index (χ4n) is 6.65. The van der Waals surface area contributed by atoms with E-state index in [2.05, 4.69) is 19.0 Å². The summed E-state index contributed by atoms with van der Waals surface area (Å²) >= 11 is 1.69. The van der Waals surface area contributed by atoms with Gasteiger partial charge in [-0.05, 0) is 31.9 Å². The Kier molecular flexibility index (Phi) is 34.6. The number of hydrogen-bond acceptors (Lipinski definition) is 5. The van der Waals surface area contributed by atoms with Crippen LogP contribution in [0.1, 0.15) is 206 Å². The first-order chi connectivity index (χ1) is 21.7. The molecule has 0 fully saturated rings. The van der Waals surface area contributed by atoms with Gasteiger partial charge in [-0.2, -0.15) is 16.7 Å². The van der Waals surface area contributed by atoms with Gasteiger partial charge in [-0.3, -0.25) is 0 Å². The molecular weight excluding hydrogens is 563 g/mol. The van der Waals surface area contributed by atoms with Gasteiger partial charge in [0.2, 0.25) is 0 Å². The number of unbranched alkanes of at least 4 members (excludes halogenated alkanes) is 24. The highest BCUT2D eigenvalue weighted by Crippen LogP contribution is 2.29. The van der Waals surface area contributed by atoms with Crippen LogP contribution in [-0.2, 0) is 9.59 Å². The minimum Gasteiger partial charge on any atom is -0.303 e. The lowest BCUT2D eigenvalue weighted by Crippen LogP contribution is -2.25. The normalized spacial score (nSPS) is 14.2. The highest BCUT2D eigenvalue weighted by molar-refractivity contribution is 7.99. The average Bonchev–Trinajstić information content (AvgIpc) is 3.04. The van der Waals surface area contributed by atoms with Crippen molar-refractivity contribution in [2.24, 2.45) is 17.0 Å². The second-order valence-electron chi connectivity index (χ2n) is 13.8. The van der Waals surface area contributed by atoms with E-state index < -0.39 is 0 Å². The van der Waals surface area contributed by atoms with E-state index in [1.165, 1.54) is 154 Å². The first-order valence-corrected chi connectivity index (χ1v) is 20.7. The Morgan fingerprint density at radius 2 is 0.864 bits per heavy atom. The van der Waals surface area contributed by atoms with Gasteiger partial charge in [0.25, 0.3) is 0 Å². The minimum absolute atomic E-state index is 0.0299. The summed E-state index contributed by atoms with van der Waals surface area (Å²) in [4.78, 5) is 35.5. The van der Waals surface area contributed by atoms with E-state index >= 15 is 0 Å². The molecule has 0 saturated carbocycles. The highest BCUT2D eigenvalue weighted by Gasteiger charge is 2.26. The number of thioether (sulfide) groups is 1. The zero-order valence-electron chi connectivity index (χ0n) is 29.8. The standard InChI is InChI=1S/C39H75NO3S/c1-4-6-8-10-12-14-16-18-20-22-24-26-28-30-36(34-41)32-38(40-43)33-39(44-3)37(35-42)31-29-27-25-23-21-19-17-15-13-11-9-7-5-2/h34-39H,4-33H2,1-3H3. The summed E-state index contributed by atoms with van der Waals surface area (Å²) in [6.45, 7) is 4.54. The molecule has 0 aliphatic carbocycles. The van der Waals surface area contributed by atoms with Crippen LogP contribution >= 0.6 is 11.8 Å². The molecule has 0 aliphatic heterocycles. The minimum atomic E-state index is -0.376. The van der Waals surface area contributed by atoms with Crippen molar-refractivity contribution in [2.45, 2.75) is 218 Å². The number of carbonyl (C=O) groups excluding carboxylic acids is 2. The van der Waals surface area contributed by atoms with Gasteiger partial charge < -0.3 is 9.59 Å². The Labute approximate surface area is 279 Å². The Morgan fingerprint density at radius 3 is 1.18 bits per heavy atom. The van der Waals surface area contributed by atoms with Crippen LogP contribution in [0, 0.1) is 16.7 Å². The number of nitrogens with zero attached hydrogens (tertiary/aromatic N) is 1. The second-order valence-corrected chi connectivity index (χ2v) is 14.8. The Hall–Kier alpha value is -0.710. The van der Waals surface area contributed by atoms with Gasteiger partial charge >= 0.3 is 0 Å². The molecular formula is C39H75NO3S. The second kappa shape index (κ2) is 35.1. The third-order valence-corrected chi connectivity index (χ3v) is 10.8. The molecule has 0 spiro atoms. The lowest BCUT2D eigenvalue weighted by Gasteiger charge is -2.24. The zero-order chi connectivity index (χ0) is 32.4. The Balaban J connectivity index is 4.04. The van der Waals surface area contributed by atoms with Gasteiger partial charge in [-0.25, -0.2) is 0 Å². The fourth-order valence-corrected chi connectivity index (χ4v) is 7.62. The smallest absolute Gasteiger partial charge is 0.124 e. The molecule has 4 nitrogen and oxygen atoms in total. The first-order valence-electron chi connectivity index (χ1n) is 19.4. The average molecular weight is 638 g/mol. The summed E-state index contributed by atoms with van der Waals surface area (Å²) in [6, 6.07) is -0.376. The molecule has 0 N–H and O–H groups in total. The Morgan fingerprint density at radius 1 is 0.500 bits per heavy atom. The molecule has 5 heteroatoms. The lowest BCUT2D eigenvalue weighted by atomic mass is 9.89. The van der Waals surface area contributed by atoms with E-state index in [1.807, 2.05) is 6.26 Å². The third-order valence-electron chi connectivity index (χ3n) is 9.70. The SMILES string of the molecule is CCCCCCCCCCCCCCCC(C=O)CC(CC(SC)C(C=O)CCCCCCCCCCCCCCC)N=O. The first kappa shape index (κ1) is 43.3. The summed E-state index contributed by atoms with van der Waals surface area (Å²) in [5.74, 6) is -0.124. The summed E-state index contributed by atoms with van der Waals surface area (Å²) < 4.78 is 0. The van der Waals surface area contributed by atoms with Gasteiger partial charge in [0.15, 0.2) is 0 Å². The van der Waals surface area contributed by atoms with Crippen molar-refractivity contribution in [3.05, 3.63) is 4.91 Å². The summed E-state index contributed by atoms with van der Waals surface area (Å²) in [5.41, 5.74) is 0. The molecule has 0 bridgehead atoms. The molecule has 0 aromatic carbocycles. The molecule has 44 heavy (non-hydrogen) atoms. The highest BCUT2D eigenvalue weighted by atomic mass is 32.2. The van der Waals surface area contributed by atoms with Gasteiger partial charge in [-0.1, -0.05) is 186 Å². The van der Waals surface area contributed by atoms with Crippen LogP contribution in [-0.4, -0.2) is 30.1 Å². The molecule has 260 valence electrons. The third kappa shape index (κ3) is 27.6. The predicted octanol–water partition coefficient (Wildman–Crippen LogP) is 13.2. The van der Waals surface area contributed by atoms with Crippen LogP contribution in [0.5, 0.6) is 0 Å². The van der Waals surface area contributed by atoms with Gasteiger partial charge in [-0.15, -0.1) is 0 Å². The van der Waals surface area contributed by atoms with E-state index in [9.17, 15) is 14.5 Å². The van der Waals surface area contributed by atoms with Crippen molar-refractivity contribution in [3.63, 3.8) is 0 Å². The number of rotatable bonds is 37. The molecule has 0 rings (SSSR count). The largest absolute Gasteiger partial charge is 0.303 e. The van der Waals surface area contributed by atoms with Crippen LogP contribution in [0.15, 0.2) is 5.18 Å². The van der Waals surface area contributed by atoms with E-state index in [4.69, 9.17) is 0 Å². The van der Waals surface area contributed by atoms with Crippen molar-refractivity contribution >= 4 is 24.3 Å². The van der Waals surface area contributed by atoms with Crippen molar-refractivity contribution in [1.82, 2.24) is 0 Å². The molecule has 0 aromatic rings. The van der Waals surface area contributed by atoms with E-state index in [0.29, 0.717) is 12.8 Å². The topological polar surface area (TPSA) is 63.6 Å². The summed E-state index contributed by atoms with van der Waals surface area (Å²) in [7, 11) is 0. The predicted molar refractivity (Wildman–Crippen MR) is 196 cm³/mol. The maximum Gasteiger partial charge on any atom is 0.124 e. The van der Waals surface area contributed by atoms with Gasteiger partial charge in [0.1, 0.15) is 12.6 Å². The summed E-state index contributed by atoms with van der Waals surface area (Å²) in [5, 5.41) is 3.53. The van der Waals surface area contributed by atoms with Crippen molar-refractivity contribution in [2.75, 3.05) is 6.26 Å². The van der Waals surface area contributed by atoms with E-state index in [0.717, 1.165) is 38.3 Å². The van der Waals surface area contributed by atoms with Crippen LogP contribution in [0.4, 0.5) is 0 Å². The molecule has 0 saturated heterocycles. The van der Waals surface area contributed by atoms with E-state index in [1.54, 1.807) is 11.8 Å². The summed E-state index contributed by atoms with van der Waals surface area (Å²) in [6.07, 6.45) is 41.4.